The van der Waals surface area contributed by atoms with E-state index >= 15 is 0 Å². The zero-order valence-electron chi connectivity index (χ0n) is 20.5. The number of fused-ring (bicyclic) bond motifs is 3. The van der Waals surface area contributed by atoms with Gasteiger partial charge in [-0.1, -0.05) is 50.2 Å². The van der Waals surface area contributed by atoms with Gasteiger partial charge in [0.2, 0.25) is 11.8 Å². The van der Waals surface area contributed by atoms with Gasteiger partial charge >= 0.3 is 5.97 Å². The largest absolute Gasteiger partial charge is 0.481 e. The summed E-state index contributed by atoms with van der Waals surface area (Å²) in [6, 6.07) is 17.3. The van der Waals surface area contributed by atoms with E-state index < -0.39 is 5.97 Å². The number of nitrogens with one attached hydrogen (secondary N) is 1. The van der Waals surface area contributed by atoms with Crippen molar-refractivity contribution in [3.8, 4) is 17.0 Å². The molecule has 0 saturated carbocycles. The summed E-state index contributed by atoms with van der Waals surface area (Å²) in [7, 11) is 0. The Kier molecular flexibility index (Phi) is 7.98. The van der Waals surface area contributed by atoms with E-state index in [1.54, 1.807) is 12.3 Å². The molecule has 1 heterocycles. The second-order valence-electron chi connectivity index (χ2n) is 9.40. The van der Waals surface area contributed by atoms with Gasteiger partial charge in [0.15, 0.2) is 0 Å². The van der Waals surface area contributed by atoms with E-state index in [9.17, 15) is 14.0 Å². The second kappa shape index (κ2) is 11.3. The van der Waals surface area contributed by atoms with E-state index in [1.165, 1.54) is 17.2 Å². The number of halogens is 1. The molecule has 6 nitrogen and oxygen atoms in total. The molecule has 4 rings (SSSR count). The third-order valence-corrected chi connectivity index (χ3v) is 6.98. The lowest BCUT2D eigenvalue weighted by molar-refractivity contribution is -0.138. The fraction of sp³-hybridized carbons (Fsp3) is 0.345. The summed E-state index contributed by atoms with van der Waals surface area (Å²) in [5.74, 6) is -0.436. The summed E-state index contributed by atoms with van der Waals surface area (Å²) in [6.45, 7) is 4.91. The normalized spacial score (nSPS) is 15.5. The first-order valence-electron chi connectivity index (χ1n) is 12.3. The van der Waals surface area contributed by atoms with Crippen molar-refractivity contribution in [1.29, 1.82) is 0 Å². The first-order chi connectivity index (χ1) is 17.3. The van der Waals surface area contributed by atoms with Gasteiger partial charge in [-0.15, -0.1) is 0 Å². The number of carboxylic acid groups (broad SMARTS) is 1. The van der Waals surface area contributed by atoms with Crippen LogP contribution in [0.4, 0.5) is 4.39 Å². The van der Waals surface area contributed by atoms with Crippen molar-refractivity contribution in [2.75, 3.05) is 13.2 Å². The molecule has 2 aromatic carbocycles. The van der Waals surface area contributed by atoms with Crippen molar-refractivity contribution in [1.82, 2.24) is 10.3 Å². The molecule has 1 aliphatic rings. The van der Waals surface area contributed by atoms with E-state index in [4.69, 9.17) is 9.84 Å². The molecule has 36 heavy (non-hydrogen) atoms. The summed E-state index contributed by atoms with van der Waals surface area (Å²) >= 11 is 0. The smallest absolute Gasteiger partial charge is 0.303 e. The molecular weight excluding hydrogens is 459 g/mol. The second-order valence-corrected chi connectivity index (χ2v) is 9.40. The van der Waals surface area contributed by atoms with E-state index in [0.717, 1.165) is 23.1 Å². The molecular formula is C29H31FN2O4. The first-order valence-corrected chi connectivity index (χ1v) is 12.3. The van der Waals surface area contributed by atoms with Gasteiger partial charge in [0.25, 0.3) is 0 Å². The lowest BCUT2D eigenvalue weighted by Gasteiger charge is -2.28. The average Bonchev–Trinajstić information content (AvgIpc) is 3.19. The Bertz CT molecular complexity index is 1250. The molecule has 188 valence electrons. The monoisotopic (exact) mass is 490 g/mol. The highest BCUT2D eigenvalue weighted by Crippen LogP contribution is 2.50. The van der Waals surface area contributed by atoms with Crippen LogP contribution in [0.2, 0.25) is 0 Å². The highest BCUT2D eigenvalue weighted by Gasteiger charge is 2.35. The maximum Gasteiger partial charge on any atom is 0.303 e. The van der Waals surface area contributed by atoms with Crippen molar-refractivity contribution in [3.63, 3.8) is 0 Å². The Balaban J connectivity index is 1.42. The van der Waals surface area contributed by atoms with Gasteiger partial charge in [-0.25, -0.2) is 9.37 Å². The molecule has 3 aromatic rings. The Morgan fingerprint density at radius 2 is 1.83 bits per heavy atom. The number of hydrogen-bond acceptors (Lipinski definition) is 4. The third-order valence-electron chi connectivity index (χ3n) is 6.98. The maximum atomic E-state index is 14.2. The van der Waals surface area contributed by atoms with Gasteiger partial charge in [-0.2, -0.15) is 0 Å². The van der Waals surface area contributed by atoms with Crippen molar-refractivity contribution in [2.45, 2.75) is 39.0 Å². The van der Waals surface area contributed by atoms with Crippen molar-refractivity contribution < 1.29 is 23.8 Å². The molecule has 3 atom stereocenters. The van der Waals surface area contributed by atoms with Gasteiger partial charge in [-0.3, -0.25) is 9.59 Å². The van der Waals surface area contributed by atoms with Gasteiger partial charge in [0.05, 0.1) is 13.0 Å². The fourth-order valence-electron chi connectivity index (χ4n) is 5.00. The number of carbonyl (C=O) groups is 2. The number of aliphatic carboxylic acids is 1. The maximum absolute atomic E-state index is 14.2. The molecule has 1 aromatic heterocycles. The zero-order valence-corrected chi connectivity index (χ0v) is 20.5. The predicted octanol–water partition coefficient (Wildman–Crippen LogP) is 5.21. The highest BCUT2D eigenvalue weighted by molar-refractivity contribution is 5.80. The van der Waals surface area contributed by atoms with Crippen LogP contribution in [0.1, 0.15) is 49.3 Å². The van der Waals surface area contributed by atoms with Crippen LogP contribution in [0.15, 0.2) is 60.8 Å². The van der Waals surface area contributed by atoms with Crippen LogP contribution in [0, 0.1) is 17.7 Å². The van der Waals surface area contributed by atoms with Crippen LogP contribution >= 0.6 is 0 Å². The molecule has 7 heteroatoms. The lowest BCUT2D eigenvalue weighted by atomic mass is 9.76. The lowest BCUT2D eigenvalue weighted by Crippen LogP contribution is -2.28. The number of carboxylic acids is 1. The van der Waals surface area contributed by atoms with Gasteiger partial charge in [0.1, 0.15) is 12.4 Å². The van der Waals surface area contributed by atoms with E-state index in [1.807, 2.05) is 30.3 Å². The molecule has 3 unspecified atom stereocenters. The molecule has 0 spiro atoms. The molecule has 2 N–H and O–H groups in total. The number of ether oxygens (including phenoxy) is 1. The number of hydrogen-bond donors (Lipinski definition) is 2. The number of carbonyl (C=O) groups excluding carboxylic acids is 1. The molecule has 0 bridgehead atoms. The summed E-state index contributed by atoms with van der Waals surface area (Å²) in [5, 5.41) is 11.3. The quantitative estimate of drug-likeness (QED) is 0.360. The minimum atomic E-state index is -1.00. The van der Waals surface area contributed by atoms with Crippen LogP contribution in [0.5, 0.6) is 5.88 Å². The van der Waals surface area contributed by atoms with E-state index in [-0.39, 0.29) is 55.5 Å². The van der Waals surface area contributed by atoms with Crippen molar-refractivity contribution >= 4 is 11.9 Å². The van der Waals surface area contributed by atoms with Gasteiger partial charge < -0.3 is 15.2 Å². The Morgan fingerprint density at radius 1 is 1.06 bits per heavy atom. The zero-order chi connectivity index (χ0) is 25.7. The molecule has 0 aliphatic heterocycles. The van der Waals surface area contributed by atoms with Crippen LogP contribution in [-0.4, -0.2) is 35.1 Å². The number of amides is 1. The average molecular weight is 491 g/mol. The Labute approximate surface area is 210 Å². The number of nitrogens with zero attached hydrogens (tertiary/aromatic N) is 1. The summed E-state index contributed by atoms with van der Waals surface area (Å²) in [4.78, 5) is 26.7. The number of benzene rings is 2. The van der Waals surface area contributed by atoms with Crippen molar-refractivity contribution in [2.24, 2.45) is 11.8 Å². The minimum Gasteiger partial charge on any atom is -0.481 e. The van der Waals surface area contributed by atoms with Gasteiger partial charge in [-0.05, 0) is 58.7 Å². The fourth-order valence-corrected chi connectivity index (χ4v) is 5.00. The molecule has 0 saturated heterocycles. The summed E-state index contributed by atoms with van der Waals surface area (Å²) in [5.41, 5.74) is 5.52. The number of aromatic nitrogens is 1. The number of rotatable bonds is 11. The molecule has 0 fully saturated rings. The van der Waals surface area contributed by atoms with Crippen LogP contribution in [0.25, 0.3) is 11.1 Å². The summed E-state index contributed by atoms with van der Waals surface area (Å²) < 4.78 is 20.1. The summed E-state index contributed by atoms with van der Waals surface area (Å²) in [6.07, 6.45) is 2.15. The predicted molar refractivity (Wildman–Crippen MR) is 135 cm³/mol. The topological polar surface area (TPSA) is 88.5 Å². The highest BCUT2D eigenvalue weighted by atomic mass is 19.1. The standard InChI is InChI=1S/C29H31FN2O4/c1-18(16-20-6-5-13-32-29(20)36-15-14-31-26(33)11-12-27(34)35)19(2)28-24-8-4-3-7-22(24)23-10-9-21(30)17-25(23)28/h3-10,13,17-19,28H,11-12,14-16H2,1-2H3,(H,31,33)(H,34,35). The van der Waals surface area contributed by atoms with E-state index in [0.29, 0.717) is 5.88 Å². The Morgan fingerprint density at radius 3 is 2.64 bits per heavy atom. The van der Waals surface area contributed by atoms with Crippen molar-refractivity contribution in [3.05, 3.63) is 83.3 Å². The SMILES string of the molecule is CC(Cc1cccnc1OCCNC(=O)CCC(=O)O)C(C)C1c2ccccc2-c2ccc(F)cc21. The van der Waals surface area contributed by atoms with Crippen LogP contribution < -0.4 is 10.1 Å². The van der Waals surface area contributed by atoms with Crippen LogP contribution in [-0.2, 0) is 16.0 Å². The third kappa shape index (κ3) is 5.73. The van der Waals surface area contributed by atoms with Crippen LogP contribution in [0.3, 0.4) is 0 Å². The van der Waals surface area contributed by atoms with E-state index in [2.05, 4.69) is 36.3 Å². The molecule has 1 aliphatic carbocycles. The first kappa shape index (κ1) is 25.4. The number of pyridine rings is 1. The minimum absolute atomic E-state index is 0.0586. The molecule has 0 radical (unpaired) electrons. The Hall–Kier alpha value is -3.74. The molecule has 1 amide bonds. The van der Waals surface area contributed by atoms with Gasteiger partial charge in [0, 0.05) is 24.1 Å².